The van der Waals surface area contributed by atoms with Crippen molar-refractivity contribution in [3.8, 4) is 0 Å². The lowest BCUT2D eigenvalue weighted by molar-refractivity contribution is 0.00578. The third kappa shape index (κ3) is 2.00. The minimum absolute atomic E-state index is 0.242. The summed E-state index contributed by atoms with van der Waals surface area (Å²) in [6.07, 6.45) is 1.54. The number of aromatic nitrogens is 3. The van der Waals surface area contributed by atoms with E-state index in [1.165, 1.54) is 0 Å². The van der Waals surface area contributed by atoms with Crippen molar-refractivity contribution in [3.05, 3.63) is 6.33 Å². The van der Waals surface area contributed by atoms with Crippen LogP contribution >= 0.6 is 0 Å². The second-order valence-corrected chi connectivity index (χ2v) is 5.74. The Kier molecular flexibility index (Phi) is 2.82. The predicted molar refractivity (Wildman–Crippen MR) is 66.1 cm³/mol. The summed E-state index contributed by atoms with van der Waals surface area (Å²) in [6, 6.07) is 0.242. The molecule has 0 saturated carbocycles. The van der Waals surface area contributed by atoms with Crippen molar-refractivity contribution in [1.29, 1.82) is 0 Å². The van der Waals surface area contributed by atoms with Gasteiger partial charge in [0.2, 0.25) is 0 Å². The van der Waals surface area contributed by atoms with Crippen molar-refractivity contribution < 1.29 is 9.31 Å². The van der Waals surface area contributed by atoms with Crippen LogP contribution in [0, 0.1) is 0 Å². The minimum Gasteiger partial charge on any atom is -0.397 e. The fourth-order valence-electron chi connectivity index (χ4n) is 1.77. The first-order chi connectivity index (χ1) is 7.74. The summed E-state index contributed by atoms with van der Waals surface area (Å²) >= 11 is 0. The van der Waals surface area contributed by atoms with Crippen molar-refractivity contribution in [2.75, 3.05) is 0 Å². The molecular formula is C11H20BN3O2. The highest BCUT2D eigenvalue weighted by atomic mass is 16.7. The Labute approximate surface area is 103 Å². The first-order valence-electron chi connectivity index (χ1n) is 5.99. The van der Waals surface area contributed by atoms with Crippen LogP contribution in [0.25, 0.3) is 0 Å². The van der Waals surface area contributed by atoms with Gasteiger partial charge in [-0.25, -0.2) is 4.98 Å². The molecule has 94 valence electrons. The molecule has 0 spiro atoms. The second-order valence-electron chi connectivity index (χ2n) is 5.74. The second kappa shape index (κ2) is 3.81. The van der Waals surface area contributed by atoms with Gasteiger partial charge in [-0.1, -0.05) is 0 Å². The van der Waals surface area contributed by atoms with Gasteiger partial charge in [-0.2, -0.15) is 5.10 Å². The monoisotopic (exact) mass is 237 g/mol. The lowest BCUT2D eigenvalue weighted by Gasteiger charge is -2.32. The average molecular weight is 237 g/mol. The van der Waals surface area contributed by atoms with Crippen LogP contribution in [0.4, 0.5) is 0 Å². The zero-order valence-corrected chi connectivity index (χ0v) is 11.4. The standard InChI is InChI=1S/C11H20BN3O2/c1-8(2)15-9(13-7-14-15)12-16-10(3,4)11(5,6)17-12/h7-8H,1-6H3. The van der Waals surface area contributed by atoms with Gasteiger partial charge in [-0.15, -0.1) is 0 Å². The topological polar surface area (TPSA) is 49.2 Å². The van der Waals surface area contributed by atoms with Crippen LogP contribution in [-0.4, -0.2) is 33.1 Å². The van der Waals surface area contributed by atoms with Crippen LogP contribution < -0.4 is 5.72 Å². The molecule has 1 saturated heterocycles. The number of nitrogens with zero attached hydrogens (tertiary/aromatic N) is 3. The smallest absolute Gasteiger partial charge is 0.397 e. The molecule has 0 atom stereocenters. The van der Waals surface area contributed by atoms with E-state index in [1.54, 1.807) is 6.33 Å². The Hall–Kier alpha value is -0.875. The van der Waals surface area contributed by atoms with Crippen molar-refractivity contribution >= 4 is 12.8 Å². The molecule has 0 N–H and O–H groups in total. The minimum atomic E-state index is -0.440. The molecule has 1 aliphatic rings. The average Bonchev–Trinajstić information content (AvgIpc) is 2.69. The molecule has 1 aromatic heterocycles. The van der Waals surface area contributed by atoms with E-state index in [0.29, 0.717) is 0 Å². The Morgan fingerprint density at radius 1 is 1.18 bits per heavy atom. The molecule has 1 fully saturated rings. The molecule has 5 nitrogen and oxygen atoms in total. The van der Waals surface area contributed by atoms with E-state index < -0.39 is 7.12 Å². The van der Waals surface area contributed by atoms with Crippen molar-refractivity contribution in [3.63, 3.8) is 0 Å². The molecule has 0 aliphatic carbocycles. The van der Waals surface area contributed by atoms with Gasteiger partial charge in [-0.3, -0.25) is 4.68 Å². The van der Waals surface area contributed by atoms with Crippen LogP contribution in [0.3, 0.4) is 0 Å². The molecule has 0 amide bonds. The zero-order chi connectivity index (χ0) is 12.8. The normalized spacial score (nSPS) is 22.4. The maximum Gasteiger partial charge on any atom is 0.534 e. The van der Waals surface area contributed by atoms with E-state index in [9.17, 15) is 0 Å². The summed E-state index contributed by atoms with van der Waals surface area (Å²) in [7, 11) is -0.440. The molecule has 0 unspecified atom stereocenters. The van der Waals surface area contributed by atoms with Gasteiger partial charge in [0.1, 0.15) is 6.33 Å². The number of rotatable bonds is 2. The summed E-state index contributed by atoms with van der Waals surface area (Å²) in [5, 5.41) is 4.20. The van der Waals surface area contributed by atoms with Crippen LogP contribution in [0.1, 0.15) is 47.6 Å². The zero-order valence-electron chi connectivity index (χ0n) is 11.4. The molecule has 6 heteroatoms. The van der Waals surface area contributed by atoms with E-state index in [1.807, 2.05) is 32.4 Å². The Morgan fingerprint density at radius 3 is 2.18 bits per heavy atom. The summed E-state index contributed by atoms with van der Waals surface area (Å²) in [5.74, 6) is 0. The summed E-state index contributed by atoms with van der Waals surface area (Å²) in [4.78, 5) is 4.25. The fourth-order valence-corrected chi connectivity index (χ4v) is 1.77. The Bertz CT molecular complexity index is 399. The third-order valence-electron chi connectivity index (χ3n) is 3.55. The third-order valence-corrected chi connectivity index (χ3v) is 3.55. The molecule has 0 radical (unpaired) electrons. The van der Waals surface area contributed by atoms with E-state index in [4.69, 9.17) is 9.31 Å². The van der Waals surface area contributed by atoms with E-state index in [0.717, 1.165) is 5.72 Å². The fraction of sp³-hybridized carbons (Fsp3) is 0.818. The Balaban J connectivity index is 2.29. The van der Waals surface area contributed by atoms with Crippen LogP contribution in [0.5, 0.6) is 0 Å². The van der Waals surface area contributed by atoms with Gasteiger partial charge < -0.3 is 9.31 Å². The van der Waals surface area contributed by atoms with Gasteiger partial charge in [-0.05, 0) is 41.5 Å². The SMILES string of the molecule is CC(C)n1ncnc1B1OC(C)(C)C(C)(C)O1. The molecule has 1 aromatic rings. The summed E-state index contributed by atoms with van der Waals surface area (Å²) < 4.78 is 13.7. The Morgan fingerprint density at radius 2 is 1.71 bits per heavy atom. The van der Waals surface area contributed by atoms with Gasteiger partial charge >= 0.3 is 7.12 Å². The van der Waals surface area contributed by atoms with Crippen molar-refractivity contribution in [2.45, 2.75) is 58.8 Å². The van der Waals surface area contributed by atoms with Gasteiger partial charge in [0.15, 0.2) is 5.72 Å². The quantitative estimate of drug-likeness (QED) is 0.724. The number of hydrogen-bond acceptors (Lipinski definition) is 4. The van der Waals surface area contributed by atoms with Crippen LogP contribution in [0.15, 0.2) is 6.33 Å². The van der Waals surface area contributed by atoms with Gasteiger partial charge in [0, 0.05) is 6.04 Å². The molecular weight excluding hydrogens is 217 g/mol. The summed E-state index contributed by atoms with van der Waals surface area (Å²) in [5.41, 5.74) is 0.0512. The van der Waals surface area contributed by atoms with Crippen molar-refractivity contribution in [2.24, 2.45) is 0 Å². The van der Waals surface area contributed by atoms with Crippen molar-refractivity contribution in [1.82, 2.24) is 14.8 Å². The van der Waals surface area contributed by atoms with E-state index >= 15 is 0 Å². The lowest BCUT2D eigenvalue weighted by atomic mass is 9.89. The summed E-state index contributed by atoms with van der Waals surface area (Å²) in [6.45, 7) is 12.2. The molecule has 2 rings (SSSR count). The van der Waals surface area contributed by atoms with E-state index in [2.05, 4.69) is 23.9 Å². The highest BCUT2D eigenvalue weighted by molar-refractivity contribution is 6.60. The van der Waals surface area contributed by atoms with Gasteiger partial charge in [0.25, 0.3) is 0 Å². The van der Waals surface area contributed by atoms with E-state index in [-0.39, 0.29) is 17.2 Å². The molecule has 0 aromatic carbocycles. The largest absolute Gasteiger partial charge is 0.534 e. The first-order valence-corrected chi connectivity index (χ1v) is 5.99. The predicted octanol–water partition coefficient (Wildman–Crippen LogP) is 1.16. The molecule has 17 heavy (non-hydrogen) atoms. The van der Waals surface area contributed by atoms with Gasteiger partial charge in [0.05, 0.1) is 11.2 Å². The number of hydrogen-bond donors (Lipinski definition) is 0. The first kappa shape index (κ1) is 12.6. The molecule has 2 heterocycles. The van der Waals surface area contributed by atoms with Crippen LogP contribution in [-0.2, 0) is 9.31 Å². The lowest BCUT2D eigenvalue weighted by Crippen LogP contribution is -2.42. The maximum atomic E-state index is 5.95. The highest BCUT2D eigenvalue weighted by Crippen LogP contribution is 2.36. The maximum absolute atomic E-state index is 5.95. The highest BCUT2D eigenvalue weighted by Gasteiger charge is 2.53. The molecule has 1 aliphatic heterocycles. The molecule has 0 bridgehead atoms. The van der Waals surface area contributed by atoms with Crippen LogP contribution in [0.2, 0.25) is 0 Å².